The highest BCUT2D eigenvalue weighted by Crippen LogP contribution is 2.40. The number of carboxylic acids is 1. The summed E-state index contributed by atoms with van der Waals surface area (Å²) in [6.07, 6.45) is 4.66. The molecule has 1 aliphatic rings. The Balaban J connectivity index is 2.04. The molecule has 2 aromatic carbocycles. The van der Waals surface area contributed by atoms with Crippen LogP contribution in [0.25, 0.3) is 5.57 Å². The minimum absolute atomic E-state index is 0.177. The summed E-state index contributed by atoms with van der Waals surface area (Å²) in [5.74, 6) is -1.34. The SMILES string of the molecule is CCCN1c2cc(F)c(C=Nc3cccc(C(=O)O)c3C)cc2C(C)=CC1(C)C. The van der Waals surface area contributed by atoms with Crippen molar-refractivity contribution < 1.29 is 14.3 Å². The molecule has 0 fully saturated rings. The van der Waals surface area contributed by atoms with Gasteiger partial charge < -0.3 is 10.0 Å². The van der Waals surface area contributed by atoms with E-state index in [1.165, 1.54) is 12.3 Å². The van der Waals surface area contributed by atoms with Crippen LogP contribution in [0.1, 0.15) is 61.2 Å². The Morgan fingerprint density at radius 3 is 2.66 bits per heavy atom. The van der Waals surface area contributed by atoms with E-state index in [2.05, 4.69) is 36.7 Å². The highest BCUT2D eigenvalue weighted by Gasteiger charge is 2.31. The molecule has 29 heavy (non-hydrogen) atoms. The van der Waals surface area contributed by atoms with Gasteiger partial charge in [-0.3, -0.25) is 4.99 Å². The summed E-state index contributed by atoms with van der Waals surface area (Å²) in [5.41, 5.74) is 4.48. The number of carbonyl (C=O) groups is 1. The van der Waals surface area contributed by atoms with E-state index >= 15 is 0 Å². The van der Waals surface area contributed by atoms with Crippen molar-refractivity contribution in [2.24, 2.45) is 4.99 Å². The van der Waals surface area contributed by atoms with Crippen molar-refractivity contribution in [2.75, 3.05) is 11.4 Å². The minimum atomic E-state index is -1.00. The van der Waals surface area contributed by atoms with Crippen molar-refractivity contribution in [1.82, 2.24) is 0 Å². The van der Waals surface area contributed by atoms with Crippen LogP contribution in [0.5, 0.6) is 0 Å². The maximum absolute atomic E-state index is 14.9. The summed E-state index contributed by atoms with van der Waals surface area (Å²) in [4.78, 5) is 17.9. The zero-order valence-corrected chi connectivity index (χ0v) is 17.6. The number of anilines is 1. The first-order valence-corrected chi connectivity index (χ1v) is 9.83. The number of aliphatic imine (C=N–C) groups is 1. The molecular formula is C24H27FN2O2. The summed E-state index contributed by atoms with van der Waals surface area (Å²) < 4.78 is 14.9. The van der Waals surface area contributed by atoms with Crippen molar-refractivity contribution in [3.63, 3.8) is 0 Å². The summed E-state index contributed by atoms with van der Waals surface area (Å²) in [7, 11) is 0. The van der Waals surface area contributed by atoms with E-state index in [-0.39, 0.29) is 16.9 Å². The van der Waals surface area contributed by atoms with Crippen LogP contribution < -0.4 is 4.90 Å². The second kappa shape index (κ2) is 7.82. The molecule has 0 saturated heterocycles. The van der Waals surface area contributed by atoms with E-state index in [4.69, 9.17) is 0 Å². The van der Waals surface area contributed by atoms with Gasteiger partial charge in [-0.25, -0.2) is 9.18 Å². The fourth-order valence-electron chi connectivity index (χ4n) is 3.98. The number of rotatable bonds is 5. The summed E-state index contributed by atoms with van der Waals surface area (Å²) in [6, 6.07) is 8.32. The fraction of sp³-hybridized carbons (Fsp3) is 0.333. The lowest BCUT2D eigenvalue weighted by atomic mass is 9.87. The average Bonchev–Trinajstić information content (AvgIpc) is 2.64. The van der Waals surface area contributed by atoms with Crippen LogP contribution in [-0.4, -0.2) is 29.4 Å². The smallest absolute Gasteiger partial charge is 0.336 e. The Kier molecular flexibility index (Phi) is 5.60. The van der Waals surface area contributed by atoms with Gasteiger partial charge in [-0.15, -0.1) is 0 Å². The first-order valence-electron chi connectivity index (χ1n) is 9.83. The highest BCUT2D eigenvalue weighted by atomic mass is 19.1. The maximum Gasteiger partial charge on any atom is 0.336 e. The van der Waals surface area contributed by atoms with Crippen LogP contribution >= 0.6 is 0 Å². The third-order valence-corrected chi connectivity index (χ3v) is 5.42. The summed E-state index contributed by atoms with van der Waals surface area (Å²) in [5, 5.41) is 9.27. The molecule has 0 bridgehead atoms. The molecular weight excluding hydrogens is 367 g/mol. The number of hydrogen-bond acceptors (Lipinski definition) is 3. The second-order valence-corrected chi connectivity index (χ2v) is 8.04. The molecule has 1 heterocycles. The van der Waals surface area contributed by atoms with Crippen LogP contribution in [0, 0.1) is 12.7 Å². The Labute approximate surface area is 171 Å². The molecule has 2 aromatic rings. The van der Waals surface area contributed by atoms with E-state index < -0.39 is 5.97 Å². The number of benzene rings is 2. The molecule has 0 unspecified atom stereocenters. The predicted octanol–water partition coefficient (Wildman–Crippen LogP) is 5.99. The number of aromatic carboxylic acids is 1. The van der Waals surface area contributed by atoms with E-state index in [9.17, 15) is 14.3 Å². The standard InChI is InChI=1S/C24H27FN2O2/c1-6-10-27-22-12-20(25)17(11-19(22)15(2)13-24(27,4)5)14-26-21-9-7-8-18(16(21)3)23(28)29/h7-9,11-14H,6,10H2,1-5H3,(H,28,29). The van der Waals surface area contributed by atoms with Crippen molar-refractivity contribution >= 4 is 29.1 Å². The Hall–Kier alpha value is -2.95. The first kappa shape index (κ1) is 20.8. The van der Waals surface area contributed by atoms with Gasteiger partial charge in [-0.05, 0) is 69.5 Å². The topological polar surface area (TPSA) is 52.9 Å². The number of nitrogens with zero attached hydrogens (tertiary/aromatic N) is 2. The average molecular weight is 394 g/mol. The van der Waals surface area contributed by atoms with Gasteiger partial charge in [-0.2, -0.15) is 0 Å². The Morgan fingerprint density at radius 2 is 2.00 bits per heavy atom. The monoisotopic (exact) mass is 394 g/mol. The van der Waals surface area contributed by atoms with E-state index in [1.54, 1.807) is 25.1 Å². The molecule has 3 rings (SSSR count). The Morgan fingerprint density at radius 1 is 1.28 bits per heavy atom. The molecule has 0 atom stereocenters. The highest BCUT2D eigenvalue weighted by molar-refractivity contribution is 5.92. The van der Waals surface area contributed by atoms with Crippen LogP contribution in [-0.2, 0) is 0 Å². The molecule has 0 amide bonds. The molecule has 0 aromatic heterocycles. The van der Waals surface area contributed by atoms with Crippen LogP contribution in [0.15, 0.2) is 41.4 Å². The van der Waals surface area contributed by atoms with Crippen molar-refractivity contribution in [3.05, 3.63) is 64.5 Å². The van der Waals surface area contributed by atoms with Crippen LogP contribution in [0.2, 0.25) is 0 Å². The van der Waals surface area contributed by atoms with Crippen LogP contribution in [0.3, 0.4) is 0 Å². The number of fused-ring (bicyclic) bond motifs is 1. The van der Waals surface area contributed by atoms with Gasteiger partial charge in [0.05, 0.1) is 16.8 Å². The fourth-order valence-corrected chi connectivity index (χ4v) is 3.98. The van der Waals surface area contributed by atoms with Crippen LogP contribution in [0.4, 0.5) is 15.8 Å². The zero-order chi connectivity index (χ0) is 21.3. The molecule has 4 nitrogen and oxygen atoms in total. The van der Waals surface area contributed by atoms with Crippen molar-refractivity contribution in [2.45, 2.75) is 46.6 Å². The zero-order valence-electron chi connectivity index (χ0n) is 17.6. The van der Waals surface area contributed by atoms with Gasteiger partial charge in [0.2, 0.25) is 0 Å². The van der Waals surface area contributed by atoms with Gasteiger partial charge in [-0.1, -0.05) is 19.1 Å². The van der Waals surface area contributed by atoms with Gasteiger partial charge in [0.25, 0.3) is 0 Å². The first-order chi connectivity index (χ1) is 13.7. The largest absolute Gasteiger partial charge is 0.478 e. The third kappa shape index (κ3) is 3.95. The molecule has 152 valence electrons. The van der Waals surface area contributed by atoms with Crippen molar-refractivity contribution in [1.29, 1.82) is 0 Å². The quantitative estimate of drug-likeness (QED) is 0.633. The minimum Gasteiger partial charge on any atom is -0.478 e. The Bertz CT molecular complexity index is 1020. The lowest BCUT2D eigenvalue weighted by Gasteiger charge is -2.43. The maximum atomic E-state index is 14.9. The second-order valence-electron chi connectivity index (χ2n) is 8.04. The van der Waals surface area contributed by atoms with E-state index in [0.717, 1.165) is 29.8 Å². The summed E-state index contributed by atoms with van der Waals surface area (Å²) in [6.45, 7) is 11.0. The van der Waals surface area contributed by atoms with Gasteiger partial charge in [0, 0.05) is 29.6 Å². The molecule has 5 heteroatoms. The molecule has 0 radical (unpaired) electrons. The number of allylic oxidation sites excluding steroid dienone is 1. The lowest BCUT2D eigenvalue weighted by Crippen LogP contribution is -2.45. The van der Waals surface area contributed by atoms with Crippen molar-refractivity contribution in [3.8, 4) is 0 Å². The molecule has 1 aliphatic heterocycles. The number of halogens is 1. The van der Waals surface area contributed by atoms with Gasteiger partial charge in [0.15, 0.2) is 0 Å². The normalized spacial score (nSPS) is 15.4. The molecule has 0 spiro atoms. The van der Waals surface area contributed by atoms with E-state index in [1.807, 2.05) is 13.0 Å². The lowest BCUT2D eigenvalue weighted by molar-refractivity contribution is 0.0696. The molecule has 1 N–H and O–H groups in total. The van der Waals surface area contributed by atoms with Gasteiger partial charge >= 0.3 is 5.97 Å². The summed E-state index contributed by atoms with van der Waals surface area (Å²) >= 11 is 0. The number of hydrogen-bond donors (Lipinski definition) is 1. The number of carboxylic acid groups (broad SMARTS) is 1. The third-order valence-electron chi connectivity index (χ3n) is 5.42. The molecule has 0 saturated carbocycles. The van der Waals surface area contributed by atoms with E-state index in [0.29, 0.717) is 16.8 Å². The van der Waals surface area contributed by atoms with Gasteiger partial charge in [0.1, 0.15) is 5.82 Å². The predicted molar refractivity (Wildman–Crippen MR) is 117 cm³/mol. The molecule has 0 aliphatic carbocycles.